The van der Waals surface area contributed by atoms with E-state index in [1.807, 2.05) is 24.3 Å². The minimum Gasteiger partial charge on any atom is -0.423 e. The van der Waals surface area contributed by atoms with Crippen LogP contribution in [-0.4, -0.2) is 5.97 Å². The summed E-state index contributed by atoms with van der Waals surface area (Å²) in [7, 11) is 0. The Hall–Kier alpha value is -3.33. The fraction of sp³-hybridized carbons (Fsp3) is 0.382. The van der Waals surface area contributed by atoms with E-state index in [2.05, 4.69) is 73.6 Å². The number of ether oxygens (including phenoxy) is 1. The van der Waals surface area contributed by atoms with E-state index < -0.39 is 0 Å². The Morgan fingerprint density at radius 2 is 1.51 bits per heavy atom. The van der Waals surface area contributed by atoms with Crippen LogP contribution >= 0.6 is 0 Å². The summed E-state index contributed by atoms with van der Waals surface area (Å²) in [5, 5.41) is 0. The maximum Gasteiger partial charge on any atom is 0.343 e. The minimum absolute atomic E-state index is 0.122. The Bertz CT molecular complexity index is 1330. The second kappa shape index (κ2) is 9.85. The van der Waals surface area contributed by atoms with Gasteiger partial charge in [-0.1, -0.05) is 78.8 Å². The van der Waals surface area contributed by atoms with Crippen molar-refractivity contribution in [3.63, 3.8) is 0 Å². The Morgan fingerprint density at radius 1 is 0.946 bits per heavy atom. The standard InChI is InChI=1S/C34H41NO2/c1-21(2)17-26-19-30-31(34(7,8)23(4)33(30,5)6)20-29(26)22(3)18-24-9-11-25(12-10-24)32(36)37-28-15-13-27(35)14-16-28/h9-16,18-21,23H,17,35H2,1-8H3. The van der Waals surface area contributed by atoms with Crippen molar-refractivity contribution in [2.24, 2.45) is 11.8 Å². The van der Waals surface area contributed by atoms with Gasteiger partial charge in [0.1, 0.15) is 5.75 Å². The number of hydrogen-bond donors (Lipinski definition) is 1. The van der Waals surface area contributed by atoms with Crippen molar-refractivity contribution in [3.05, 3.63) is 94.0 Å². The highest BCUT2D eigenvalue weighted by atomic mass is 16.5. The summed E-state index contributed by atoms with van der Waals surface area (Å²) in [6, 6.07) is 19.4. The number of hydrogen-bond acceptors (Lipinski definition) is 3. The van der Waals surface area contributed by atoms with Gasteiger partial charge in [0.15, 0.2) is 0 Å². The zero-order valence-corrected chi connectivity index (χ0v) is 23.6. The van der Waals surface area contributed by atoms with Crippen molar-refractivity contribution in [1.29, 1.82) is 0 Å². The first kappa shape index (κ1) is 26.7. The molecular weight excluding hydrogens is 454 g/mol. The summed E-state index contributed by atoms with van der Waals surface area (Å²) in [6.07, 6.45) is 3.27. The quantitative estimate of drug-likeness (QED) is 0.161. The van der Waals surface area contributed by atoms with Gasteiger partial charge in [-0.05, 0) is 106 Å². The number of rotatable bonds is 6. The summed E-state index contributed by atoms with van der Waals surface area (Å²) in [5.74, 6) is 1.23. The van der Waals surface area contributed by atoms with Crippen LogP contribution in [0.1, 0.15) is 93.6 Å². The Balaban J connectivity index is 1.64. The number of benzene rings is 3. The lowest BCUT2D eigenvalue weighted by Crippen LogP contribution is -2.30. The smallest absolute Gasteiger partial charge is 0.343 e. The molecule has 1 aliphatic rings. The molecule has 3 aromatic rings. The SMILES string of the molecule is CC(=Cc1ccc(C(=O)Oc2ccc(N)cc2)cc1)c1cc2c(cc1CC(C)C)C(C)(C)C(C)C2(C)C. The van der Waals surface area contributed by atoms with Crippen molar-refractivity contribution < 1.29 is 9.53 Å². The average molecular weight is 496 g/mol. The molecule has 0 saturated carbocycles. The van der Waals surface area contributed by atoms with Gasteiger partial charge < -0.3 is 10.5 Å². The van der Waals surface area contributed by atoms with E-state index in [-0.39, 0.29) is 16.8 Å². The van der Waals surface area contributed by atoms with Crippen LogP contribution in [0.2, 0.25) is 0 Å². The van der Waals surface area contributed by atoms with Gasteiger partial charge >= 0.3 is 5.97 Å². The van der Waals surface area contributed by atoms with Crippen LogP contribution in [0, 0.1) is 11.8 Å². The lowest BCUT2D eigenvalue weighted by molar-refractivity contribution is 0.0735. The molecule has 194 valence electrons. The summed E-state index contributed by atoms with van der Waals surface area (Å²) < 4.78 is 5.48. The van der Waals surface area contributed by atoms with Crippen LogP contribution in [0.25, 0.3) is 11.6 Å². The third-order valence-corrected chi connectivity index (χ3v) is 8.47. The molecule has 0 radical (unpaired) electrons. The Morgan fingerprint density at radius 3 is 2.08 bits per heavy atom. The molecule has 3 aromatic carbocycles. The predicted molar refractivity (Wildman–Crippen MR) is 156 cm³/mol. The third kappa shape index (κ3) is 5.23. The van der Waals surface area contributed by atoms with Crippen molar-refractivity contribution in [2.75, 3.05) is 5.73 Å². The maximum atomic E-state index is 12.6. The van der Waals surface area contributed by atoms with Crippen molar-refractivity contribution >= 4 is 23.3 Å². The van der Waals surface area contributed by atoms with Gasteiger partial charge in [0.2, 0.25) is 0 Å². The highest BCUT2D eigenvalue weighted by molar-refractivity contribution is 5.91. The molecule has 2 N–H and O–H groups in total. The highest BCUT2D eigenvalue weighted by Crippen LogP contribution is 2.54. The molecule has 1 unspecified atom stereocenters. The number of fused-ring (bicyclic) bond motifs is 1. The van der Waals surface area contributed by atoms with Crippen LogP contribution in [-0.2, 0) is 17.3 Å². The Labute approximate surface area is 222 Å². The lowest BCUT2D eigenvalue weighted by Gasteiger charge is -2.32. The van der Waals surface area contributed by atoms with E-state index in [4.69, 9.17) is 10.5 Å². The van der Waals surface area contributed by atoms with Gasteiger partial charge in [-0.3, -0.25) is 0 Å². The average Bonchev–Trinajstić information content (AvgIpc) is 2.96. The molecule has 1 atom stereocenters. The lowest BCUT2D eigenvalue weighted by atomic mass is 9.71. The zero-order chi connectivity index (χ0) is 27.1. The van der Waals surface area contributed by atoms with E-state index in [1.165, 1.54) is 27.8 Å². The van der Waals surface area contributed by atoms with Crippen molar-refractivity contribution in [3.8, 4) is 5.75 Å². The van der Waals surface area contributed by atoms with E-state index >= 15 is 0 Å². The zero-order valence-electron chi connectivity index (χ0n) is 23.6. The molecule has 3 heteroatoms. The van der Waals surface area contributed by atoms with Crippen LogP contribution in [0.3, 0.4) is 0 Å². The summed E-state index contributed by atoms with van der Waals surface area (Å²) in [4.78, 5) is 12.6. The molecule has 0 heterocycles. The molecule has 0 aliphatic heterocycles. The fourth-order valence-corrected chi connectivity index (χ4v) is 5.80. The molecule has 37 heavy (non-hydrogen) atoms. The summed E-state index contributed by atoms with van der Waals surface area (Å²) in [6.45, 7) is 18.7. The summed E-state index contributed by atoms with van der Waals surface area (Å²) >= 11 is 0. The molecule has 0 amide bonds. The number of nitrogen functional groups attached to an aromatic ring is 1. The first-order valence-electron chi connectivity index (χ1n) is 13.3. The first-order chi connectivity index (χ1) is 17.3. The number of esters is 1. The molecule has 1 aliphatic carbocycles. The number of carbonyl (C=O) groups is 1. The molecular formula is C34H41NO2. The predicted octanol–water partition coefficient (Wildman–Crippen LogP) is 8.45. The van der Waals surface area contributed by atoms with Gasteiger partial charge in [0, 0.05) is 5.69 Å². The Kier molecular flexibility index (Phi) is 7.12. The number of carbonyl (C=O) groups excluding carboxylic acids is 1. The normalized spacial score (nSPS) is 18.1. The minimum atomic E-state index is -0.381. The van der Waals surface area contributed by atoms with Gasteiger partial charge in [-0.2, -0.15) is 0 Å². The van der Waals surface area contributed by atoms with Gasteiger partial charge in [-0.25, -0.2) is 4.79 Å². The molecule has 4 rings (SSSR count). The van der Waals surface area contributed by atoms with Crippen LogP contribution in [0.5, 0.6) is 5.75 Å². The van der Waals surface area contributed by atoms with E-state index in [1.54, 1.807) is 24.3 Å². The second-order valence-corrected chi connectivity index (χ2v) is 12.2. The van der Waals surface area contributed by atoms with Gasteiger partial charge in [0.25, 0.3) is 0 Å². The van der Waals surface area contributed by atoms with Crippen LogP contribution in [0.15, 0.2) is 60.7 Å². The van der Waals surface area contributed by atoms with Crippen molar-refractivity contribution in [2.45, 2.75) is 72.6 Å². The molecule has 3 nitrogen and oxygen atoms in total. The number of anilines is 1. The topological polar surface area (TPSA) is 52.3 Å². The molecule has 0 bridgehead atoms. The van der Waals surface area contributed by atoms with E-state index in [9.17, 15) is 4.79 Å². The third-order valence-electron chi connectivity index (χ3n) is 8.47. The van der Waals surface area contributed by atoms with Crippen molar-refractivity contribution in [1.82, 2.24) is 0 Å². The monoisotopic (exact) mass is 495 g/mol. The first-order valence-corrected chi connectivity index (χ1v) is 13.3. The van der Waals surface area contributed by atoms with Crippen LogP contribution < -0.4 is 10.5 Å². The molecule has 0 spiro atoms. The van der Waals surface area contributed by atoms with Gasteiger partial charge in [0.05, 0.1) is 5.56 Å². The van der Waals surface area contributed by atoms with E-state index in [0.717, 1.165) is 12.0 Å². The molecule has 0 fully saturated rings. The van der Waals surface area contributed by atoms with E-state index in [0.29, 0.717) is 28.8 Å². The summed E-state index contributed by atoms with van der Waals surface area (Å²) in [5.41, 5.74) is 15.2. The van der Waals surface area contributed by atoms with Crippen LogP contribution in [0.4, 0.5) is 5.69 Å². The number of allylic oxidation sites excluding steroid dienone is 1. The fourth-order valence-electron chi connectivity index (χ4n) is 5.80. The largest absolute Gasteiger partial charge is 0.423 e. The number of nitrogens with two attached hydrogens (primary N) is 1. The second-order valence-electron chi connectivity index (χ2n) is 12.2. The highest BCUT2D eigenvalue weighted by Gasteiger charge is 2.48. The maximum absolute atomic E-state index is 12.6. The molecule has 0 aromatic heterocycles. The van der Waals surface area contributed by atoms with Gasteiger partial charge in [-0.15, -0.1) is 0 Å². The molecule has 0 saturated heterocycles.